The van der Waals surface area contributed by atoms with Gasteiger partial charge in [0.1, 0.15) is 5.75 Å². The molecule has 0 aromatic heterocycles. The lowest BCUT2D eigenvalue weighted by Gasteiger charge is -2.12. The van der Waals surface area contributed by atoms with Crippen LogP contribution >= 0.6 is 11.6 Å². The number of anilines is 2. The van der Waals surface area contributed by atoms with Crippen LogP contribution in [0.15, 0.2) is 41.3 Å². The van der Waals surface area contributed by atoms with Crippen molar-refractivity contribution >= 4 is 33.0 Å². The highest BCUT2D eigenvalue weighted by atomic mass is 35.5. The zero-order chi connectivity index (χ0) is 15.6. The summed E-state index contributed by atoms with van der Waals surface area (Å²) in [5, 5.41) is 0.487. The van der Waals surface area contributed by atoms with Crippen molar-refractivity contribution in [1.29, 1.82) is 0 Å². The van der Waals surface area contributed by atoms with E-state index in [0.717, 1.165) is 0 Å². The smallest absolute Gasteiger partial charge is 0.262 e. The Morgan fingerprint density at radius 2 is 1.90 bits per heavy atom. The molecule has 0 fully saturated rings. The maximum absolute atomic E-state index is 12.4. The Labute approximate surface area is 128 Å². The lowest BCUT2D eigenvalue weighted by atomic mass is 10.2. The van der Waals surface area contributed by atoms with Crippen LogP contribution in [-0.2, 0) is 10.0 Å². The molecule has 0 atom stereocenters. The minimum absolute atomic E-state index is 0.169. The molecule has 0 saturated heterocycles. The molecule has 0 radical (unpaired) electrons. The standard InChI is InChI=1S/C14H15ClN2O3S/c1-9-7-10(15)3-6-14(9)21(18,19)17-11-4-5-12(16)13(8-11)20-2/h3-8,17H,16H2,1-2H3. The summed E-state index contributed by atoms with van der Waals surface area (Å²) in [6.07, 6.45) is 0. The third-order valence-electron chi connectivity index (χ3n) is 2.91. The van der Waals surface area contributed by atoms with Crippen molar-refractivity contribution in [1.82, 2.24) is 0 Å². The molecule has 0 saturated carbocycles. The number of nitrogens with one attached hydrogen (secondary N) is 1. The maximum atomic E-state index is 12.4. The molecule has 0 spiro atoms. The van der Waals surface area contributed by atoms with Gasteiger partial charge in [-0.25, -0.2) is 8.42 Å². The minimum Gasteiger partial charge on any atom is -0.495 e. The highest BCUT2D eigenvalue weighted by Gasteiger charge is 2.17. The van der Waals surface area contributed by atoms with Gasteiger partial charge in [-0.2, -0.15) is 0 Å². The largest absolute Gasteiger partial charge is 0.495 e. The number of aryl methyl sites for hydroxylation is 1. The summed E-state index contributed by atoms with van der Waals surface area (Å²) in [5.41, 5.74) is 7.07. The van der Waals surface area contributed by atoms with Gasteiger partial charge in [0, 0.05) is 11.1 Å². The molecule has 0 unspecified atom stereocenters. The fourth-order valence-corrected chi connectivity index (χ4v) is 3.40. The highest BCUT2D eigenvalue weighted by molar-refractivity contribution is 7.92. The van der Waals surface area contributed by atoms with Crippen molar-refractivity contribution in [3.05, 3.63) is 47.0 Å². The van der Waals surface area contributed by atoms with E-state index in [4.69, 9.17) is 22.1 Å². The summed E-state index contributed by atoms with van der Waals surface area (Å²) in [7, 11) is -2.24. The van der Waals surface area contributed by atoms with E-state index in [1.165, 1.54) is 25.3 Å². The molecule has 0 aliphatic rings. The number of hydrogen-bond acceptors (Lipinski definition) is 4. The number of ether oxygens (including phenoxy) is 1. The maximum Gasteiger partial charge on any atom is 0.262 e. The normalized spacial score (nSPS) is 11.2. The van der Waals surface area contributed by atoms with Gasteiger partial charge in [0.2, 0.25) is 0 Å². The molecule has 0 aliphatic heterocycles. The average Bonchev–Trinajstić information content (AvgIpc) is 2.40. The summed E-state index contributed by atoms with van der Waals surface area (Å²) >= 11 is 5.84. The van der Waals surface area contributed by atoms with Gasteiger partial charge in [-0.05, 0) is 42.8 Å². The van der Waals surface area contributed by atoms with Crippen molar-refractivity contribution in [2.75, 3.05) is 17.6 Å². The van der Waals surface area contributed by atoms with Gasteiger partial charge in [0.05, 0.1) is 23.4 Å². The molecule has 0 bridgehead atoms. The highest BCUT2D eigenvalue weighted by Crippen LogP contribution is 2.27. The second kappa shape index (κ2) is 5.83. The molecule has 112 valence electrons. The third kappa shape index (κ3) is 3.40. The second-order valence-corrected chi connectivity index (χ2v) is 6.56. The van der Waals surface area contributed by atoms with Gasteiger partial charge >= 0.3 is 0 Å². The van der Waals surface area contributed by atoms with E-state index in [1.807, 2.05) is 0 Å². The molecule has 0 aliphatic carbocycles. The van der Waals surface area contributed by atoms with Gasteiger partial charge in [-0.3, -0.25) is 4.72 Å². The van der Waals surface area contributed by atoms with Crippen LogP contribution in [0.25, 0.3) is 0 Å². The molecule has 2 aromatic rings. The first-order valence-electron chi connectivity index (χ1n) is 6.06. The zero-order valence-corrected chi connectivity index (χ0v) is 13.1. The molecule has 2 aromatic carbocycles. The van der Waals surface area contributed by atoms with E-state index in [-0.39, 0.29) is 4.90 Å². The number of nitrogen functional groups attached to an aromatic ring is 1. The molecule has 2 rings (SSSR count). The fourth-order valence-electron chi connectivity index (χ4n) is 1.90. The predicted octanol–water partition coefficient (Wildman–Crippen LogP) is 3.04. The summed E-state index contributed by atoms with van der Waals surface area (Å²) in [6, 6.07) is 9.27. The number of benzene rings is 2. The second-order valence-electron chi connectivity index (χ2n) is 4.47. The van der Waals surface area contributed by atoms with E-state index in [0.29, 0.717) is 27.7 Å². The Kier molecular flexibility index (Phi) is 4.29. The third-order valence-corrected chi connectivity index (χ3v) is 4.69. The van der Waals surface area contributed by atoms with Gasteiger partial charge in [-0.1, -0.05) is 11.6 Å². The van der Waals surface area contributed by atoms with Crippen molar-refractivity contribution in [2.24, 2.45) is 0 Å². The number of methoxy groups -OCH3 is 1. The van der Waals surface area contributed by atoms with Crippen molar-refractivity contribution in [2.45, 2.75) is 11.8 Å². The Bertz CT molecular complexity index is 776. The monoisotopic (exact) mass is 326 g/mol. The Hall–Kier alpha value is -1.92. The summed E-state index contributed by atoms with van der Waals surface area (Å²) < 4.78 is 32.3. The van der Waals surface area contributed by atoms with E-state index < -0.39 is 10.0 Å². The van der Waals surface area contributed by atoms with Crippen LogP contribution in [0.2, 0.25) is 5.02 Å². The summed E-state index contributed by atoms with van der Waals surface area (Å²) in [6.45, 7) is 1.68. The summed E-state index contributed by atoms with van der Waals surface area (Å²) in [5.74, 6) is 0.406. The molecule has 0 heterocycles. The first-order chi connectivity index (χ1) is 9.83. The SMILES string of the molecule is COc1cc(NS(=O)(=O)c2ccc(Cl)cc2C)ccc1N. The number of hydrogen-bond donors (Lipinski definition) is 2. The molecular weight excluding hydrogens is 312 g/mol. The van der Waals surface area contributed by atoms with E-state index in [1.54, 1.807) is 25.1 Å². The van der Waals surface area contributed by atoms with E-state index in [9.17, 15) is 8.42 Å². The Morgan fingerprint density at radius 1 is 1.19 bits per heavy atom. The quantitative estimate of drug-likeness (QED) is 0.846. The van der Waals surface area contributed by atoms with Crippen LogP contribution in [0.4, 0.5) is 11.4 Å². The molecule has 3 N–H and O–H groups in total. The number of sulfonamides is 1. The van der Waals surface area contributed by atoms with Crippen molar-refractivity contribution in [3.8, 4) is 5.75 Å². The minimum atomic E-state index is -3.70. The molecule has 21 heavy (non-hydrogen) atoms. The predicted molar refractivity (Wildman–Crippen MR) is 84.4 cm³/mol. The molecule has 0 amide bonds. The topological polar surface area (TPSA) is 81.4 Å². The first kappa shape index (κ1) is 15.5. The van der Waals surface area contributed by atoms with E-state index >= 15 is 0 Å². The number of halogens is 1. The van der Waals surface area contributed by atoms with Gasteiger partial charge in [0.25, 0.3) is 10.0 Å². The van der Waals surface area contributed by atoms with E-state index in [2.05, 4.69) is 4.72 Å². The summed E-state index contributed by atoms with van der Waals surface area (Å²) in [4.78, 5) is 0.169. The number of nitrogens with two attached hydrogens (primary N) is 1. The van der Waals surface area contributed by atoms with Gasteiger partial charge in [0.15, 0.2) is 0 Å². The Balaban J connectivity index is 2.37. The van der Waals surface area contributed by atoms with Crippen LogP contribution in [-0.4, -0.2) is 15.5 Å². The van der Waals surface area contributed by atoms with Crippen LogP contribution in [0.1, 0.15) is 5.56 Å². The van der Waals surface area contributed by atoms with Crippen molar-refractivity contribution in [3.63, 3.8) is 0 Å². The fraction of sp³-hybridized carbons (Fsp3) is 0.143. The molecular formula is C14H15ClN2O3S. The lowest BCUT2D eigenvalue weighted by Crippen LogP contribution is -2.14. The Morgan fingerprint density at radius 3 is 2.52 bits per heavy atom. The zero-order valence-electron chi connectivity index (χ0n) is 11.6. The number of rotatable bonds is 4. The van der Waals surface area contributed by atoms with Crippen LogP contribution < -0.4 is 15.2 Å². The van der Waals surface area contributed by atoms with Gasteiger partial charge in [-0.15, -0.1) is 0 Å². The van der Waals surface area contributed by atoms with Crippen LogP contribution in [0.5, 0.6) is 5.75 Å². The van der Waals surface area contributed by atoms with Crippen LogP contribution in [0, 0.1) is 6.92 Å². The average molecular weight is 327 g/mol. The first-order valence-corrected chi connectivity index (χ1v) is 7.92. The van der Waals surface area contributed by atoms with Gasteiger partial charge < -0.3 is 10.5 Å². The van der Waals surface area contributed by atoms with Crippen LogP contribution in [0.3, 0.4) is 0 Å². The lowest BCUT2D eigenvalue weighted by molar-refractivity contribution is 0.417. The molecule has 5 nitrogen and oxygen atoms in total. The molecule has 7 heteroatoms. The van der Waals surface area contributed by atoms with Crippen molar-refractivity contribution < 1.29 is 13.2 Å².